The largest absolute Gasteiger partial charge is 0.423 e. The molecule has 0 amide bonds. The molecular weight excluding hydrogens is 713 g/mol. The zero-order valence-corrected chi connectivity index (χ0v) is 38.0. The van der Waals surface area contributed by atoms with E-state index in [4.69, 9.17) is 9.47 Å². The third-order valence-electron chi connectivity index (χ3n) is 11.7. The Kier molecular flexibility index (Phi) is 11.9. The van der Waals surface area contributed by atoms with Gasteiger partial charge in [-0.3, -0.25) is 0 Å². The molecular formula is C54H66O4. The lowest BCUT2D eigenvalue weighted by molar-refractivity contribution is 0.0724. The SMILES string of the molecule is CC(C)(C)c1cc(C(=O)Oc2ccc(C(C)(C)c3ccc(C(C)(C)c4ccc(OC(=O)c5cc(C(C)(C)C)cc(C(C)(C)C)c5)cc4)cc3)cc2)cc(C(C)(C)C)c1. The lowest BCUT2D eigenvalue weighted by Crippen LogP contribution is -2.21. The highest BCUT2D eigenvalue weighted by Crippen LogP contribution is 2.38. The Balaban J connectivity index is 1.28. The average molecular weight is 779 g/mol. The van der Waals surface area contributed by atoms with E-state index in [9.17, 15) is 9.59 Å². The minimum atomic E-state index is -0.353. The molecule has 4 nitrogen and oxygen atoms in total. The molecule has 0 saturated carbocycles. The fourth-order valence-corrected chi connectivity index (χ4v) is 7.07. The summed E-state index contributed by atoms with van der Waals surface area (Å²) >= 11 is 0. The first-order valence-corrected chi connectivity index (χ1v) is 20.7. The second kappa shape index (κ2) is 15.7. The summed E-state index contributed by atoms with van der Waals surface area (Å²) in [5, 5.41) is 0. The van der Waals surface area contributed by atoms with E-state index in [0.717, 1.165) is 33.4 Å². The van der Waals surface area contributed by atoms with Gasteiger partial charge in [-0.05, 0) is 115 Å². The predicted molar refractivity (Wildman–Crippen MR) is 241 cm³/mol. The van der Waals surface area contributed by atoms with Crippen molar-refractivity contribution < 1.29 is 19.1 Å². The Morgan fingerprint density at radius 3 is 0.724 bits per heavy atom. The fraction of sp³-hybridized carbons (Fsp3) is 0.407. The quantitative estimate of drug-likeness (QED) is 0.116. The molecule has 0 aliphatic carbocycles. The number of hydrogen-bond donors (Lipinski definition) is 0. The first kappa shape index (κ1) is 44.1. The molecule has 0 N–H and O–H groups in total. The van der Waals surface area contributed by atoms with Crippen molar-refractivity contribution in [2.24, 2.45) is 0 Å². The second-order valence-corrected chi connectivity index (χ2v) is 21.3. The zero-order chi connectivity index (χ0) is 43.2. The van der Waals surface area contributed by atoms with Gasteiger partial charge >= 0.3 is 11.9 Å². The molecule has 0 aliphatic heterocycles. The lowest BCUT2D eigenvalue weighted by Gasteiger charge is -2.29. The second-order valence-electron chi connectivity index (χ2n) is 21.3. The van der Waals surface area contributed by atoms with Crippen molar-refractivity contribution in [3.8, 4) is 11.5 Å². The van der Waals surface area contributed by atoms with Crippen molar-refractivity contribution in [2.75, 3.05) is 0 Å². The van der Waals surface area contributed by atoms with Crippen LogP contribution >= 0.6 is 0 Å². The molecule has 0 unspecified atom stereocenters. The maximum Gasteiger partial charge on any atom is 0.343 e. The van der Waals surface area contributed by atoms with E-state index in [-0.39, 0.29) is 44.4 Å². The van der Waals surface area contributed by atoms with Gasteiger partial charge in [0.25, 0.3) is 0 Å². The summed E-state index contributed by atoms with van der Waals surface area (Å²) in [6.07, 6.45) is 0. The standard InChI is InChI=1S/C54H66O4/c1-49(2,3)41-29-35(30-42(33-41)50(4,5)6)47(55)57-45-25-21-39(22-26-45)53(13,14)37-17-19-38(20-18-37)54(15,16)40-23-27-46(28-24-40)58-48(56)36-31-43(51(7,8)9)34-44(32-36)52(10,11)12/h17-34H,1-16H3. The molecule has 0 aliphatic rings. The molecule has 5 rings (SSSR count). The van der Waals surface area contributed by atoms with E-state index in [0.29, 0.717) is 22.6 Å². The normalized spacial score (nSPS) is 13.0. The van der Waals surface area contributed by atoms with Gasteiger partial charge in [-0.25, -0.2) is 9.59 Å². The maximum absolute atomic E-state index is 13.4. The highest BCUT2D eigenvalue weighted by atomic mass is 16.5. The molecule has 306 valence electrons. The topological polar surface area (TPSA) is 52.6 Å². The minimum Gasteiger partial charge on any atom is -0.423 e. The summed E-state index contributed by atoms with van der Waals surface area (Å²) in [5.41, 5.74) is 9.20. The van der Waals surface area contributed by atoms with E-state index in [1.165, 1.54) is 11.1 Å². The third-order valence-corrected chi connectivity index (χ3v) is 11.7. The number of rotatable bonds is 8. The Labute approximate surface area is 349 Å². The van der Waals surface area contributed by atoms with Gasteiger partial charge in [0.2, 0.25) is 0 Å². The first-order valence-electron chi connectivity index (χ1n) is 20.7. The van der Waals surface area contributed by atoms with Gasteiger partial charge in [-0.15, -0.1) is 0 Å². The van der Waals surface area contributed by atoms with Crippen molar-refractivity contribution in [2.45, 2.75) is 143 Å². The highest BCUT2D eigenvalue weighted by Gasteiger charge is 2.28. The summed E-state index contributed by atoms with van der Waals surface area (Å²) in [4.78, 5) is 26.9. The fourth-order valence-electron chi connectivity index (χ4n) is 7.07. The van der Waals surface area contributed by atoms with Crippen molar-refractivity contribution in [1.82, 2.24) is 0 Å². The van der Waals surface area contributed by atoms with Gasteiger partial charge in [0.05, 0.1) is 11.1 Å². The Morgan fingerprint density at radius 2 is 0.517 bits per heavy atom. The molecule has 0 spiro atoms. The molecule has 0 aromatic heterocycles. The summed E-state index contributed by atoms with van der Waals surface area (Å²) in [5.74, 6) is 0.332. The maximum atomic E-state index is 13.4. The van der Waals surface area contributed by atoms with Gasteiger partial charge in [0.15, 0.2) is 0 Å². The molecule has 0 saturated heterocycles. The van der Waals surface area contributed by atoms with Gasteiger partial charge in [-0.2, -0.15) is 0 Å². The summed E-state index contributed by atoms with van der Waals surface area (Å²) in [6.45, 7) is 34.8. The van der Waals surface area contributed by atoms with Gasteiger partial charge < -0.3 is 9.47 Å². The van der Waals surface area contributed by atoms with Crippen LogP contribution in [0.15, 0.2) is 109 Å². The van der Waals surface area contributed by atoms with Crippen molar-refractivity contribution in [3.63, 3.8) is 0 Å². The van der Waals surface area contributed by atoms with E-state index in [1.54, 1.807) is 0 Å². The summed E-state index contributed by atoms with van der Waals surface area (Å²) in [7, 11) is 0. The van der Waals surface area contributed by atoms with Crippen LogP contribution in [0.25, 0.3) is 0 Å². The van der Waals surface area contributed by atoms with Crippen LogP contribution in [0.5, 0.6) is 11.5 Å². The van der Waals surface area contributed by atoms with Crippen LogP contribution in [0.1, 0.15) is 176 Å². The Hall–Kier alpha value is -4.96. The molecule has 0 radical (unpaired) electrons. The molecule has 5 aromatic rings. The molecule has 5 aromatic carbocycles. The number of esters is 2. The van der Waals surface area contributed by atoms with Crippen LogP contribution in [-0.2, 0) is 32.5 Å². The lowest BCUT2D eigenvalue weighted by atomic mass is 9.74. The first-order chi connectivity index (χ1) is 26.6. The van der Waals surface area contributed by atoms with E-state index in [2.05, 4.69) is 147 Å². The van der Waals surface area contributed by atoms with Crippen LogP contribution < -0.4 is 9.47 Å². The number of carbonyl (C=O) groups is 2. The number of carbonyl (C=O) groups excluding carboxylic acids is 2. The third kappa shape index (κ3) is 10.0. The van der Waals surface area contributed by atoms with Gasteiger partial charge in [0.1, 0.15) is 11.5 Å². The van der Waals surface area contributed by atoms with Crippen LogP contribution in [-0.4, -0.2) is 11.9 Å². The number of benzene rings is 5. The molecule has 58 heavy (non-hydrogen) atoms. The van der Waals surface area contributed by atoms with E-state index < -0.39 is 0 Å². The molecule has 0 fully saturated rings. The average Bonchev–Trinajstić information content (AvgIpc) is 3.13. The zero-order valence-electron chi connectivity index (χ0n) is 38.0. The van der Waals surface area contributed by atoms with Gasteiger partial charge in [0, 0.05) is 10.8 Å². The van der Waals surface area contributed by atoms with Crippen LogP contribution in [0.3, 0.4) is 0 Å². The molecule has 0 heterocycles. The molecule has 0 bridgehead atoms. The van der Waals surface area contributed by atoms with E-state index >= 15 is 0 Å². The molecule has 0 atom stereocenters. The monoisotopic (exact) mass is 778 g/mol. The van der Waals surface area contributed by atoms with Crippen molar-refractivity contribution in [3.05, 3.63) is 165 Å². The smallest absolute Gasteiger partial charge is 0.343 e. The van der Waals surface area contributed by atoms with Crippen molar-refractivity contribution >= 4 is 11.9 Å². The molecule has 4 heteroatoms. The van der Waals surface area contributed by atoms with Crippen LogP contribution in [0.4, 0.5) is 0 Å². The van der Waals surface area contributed by atoms with Gasteiger partial charge in [-0.1, -0.05) is 171 Å². The minimum absolute atomic E-state index is 0.0984. The summed E-state index contributed by atoms with van der Waals surface area (Å²) in [6, 6.07) is 36.8. The Bertz CT molecular complexity index is 2030. The highest BCUT2D eigenvalue weighted by molar-refractivity contribution is 5.92. The van der Waals surface area contributed by atoms with Crippen molar-refractivity contribution in [1.29, 1.82) is 0 Å². The Morgan fingerprint density at radius 1 is 0.310 bits per heavy atom. The summed E-state index contributed by atoms with van der Waals surface area (Å²) < 4.78 is 11.8. The van der Waals surface area contributed by atoms with Crippen LogP contribution in [0.2, 0.25) is 0 Å². The predicted octanol–water partition coefficient (Wildman–Crippen LogP) is 14.0. The van der Waals surface area contributed by atoms with Crippen LogP contribution in [0, 0.1) is 0 Å². The number of hydrogen-bond acceptors (Lipinski definition) is 4. The van der Waals surface area contributed by atoms with E-state index in [1.807, 2.05) is 72.8 Å². The number of ether oxygens (including phenoxy) is 2.